The van der Waals surface area contributed by atoms with Gasteiger partial charge in [-0.1, -0.05) is 6.07 Å². The number of ketones is 1. The number of nitriles is 1. The van der Waals surface area contributed by atoms with E-state index in [9.17, 15) is 9.18 Å². The maximum atomic E-state index is 13.6. The first kappa shape index (κ1) is 14.5. The van der Waals surface area contributed by atoms with Crippen molar-refractivity contribution in [1.82, 2.24) is 0 Å². The summed E-state index contributed by atoms with van der Waals surface area (Å²) < 4.78 is 24.2. The lowest BCUT2D eigenvalue weighted by atomic mass is 10.1. The number of Topliss-reactive ketones (excluding diaryl/α,β-unsaturated/α-hetero) is 1. The standard InChI is InChI=1S/C16H12FNO3/c1-10(19)16-14(20-2)4-3-5-15(16)21-12-7-6-11(9-18)13(17)8-12/h3-8H,1-2H3. The summed E-state index contributed by atoms with van der Waals surface area (Å²) in [6.07, 6.45) is 0. The minimum absolute atomic E-state index is 0.0696. The molecule has 2 aromatic carbocycles. The molecule has 2 rings (SSSR count). The Morgan fingerprint density at radius 2 is 1.95 bits per heavy atom. The Morgan fingerprint density at radius 3 is 2.52 bits per heavy atom. The van der Waals surface area contributed by atoms with Gasteiger partial charge < -0.3 is 9.47 Å². The van der Waals surface area contributed by atoms with Crippen LogP contribution in [0.25, 0.3) is 0 Å². The first-order chi connectivity index (χ1) is 10.1. The van der Waals surface area contributed by atoms with Crippen LogP contribution in [-0.2, 0) is 0 Å². The molecule has 0 N–H and O–H groups in total. The Kier molecular flexibility index (Phi) is 4.19. The molecule has 2 aromatic rings. The normalized spacial score (nSPS) is 9.81. The monoisotopic (exact) mass is 285 g/mol. The van der Waals surface area contributed by atoms with Crippen LogP contribution in [0.1, 0.15) is 22.8 Å². The maximum absolute atomic E-state index is 13.6. The minimum atomic E-state index is -0.678. The molecule has 0 radical (unpaired) electrons. The van der Waals surface area contributed by atoms with Gasteiger partial charge in [0.2, 0.25) is 0 Å². The van der Waals surface area contributed by atoms with Gasteiger partial charge in [0.15, 0.2) is 5.78 Å². The van der Waals surface area contributed by atoms with Crippen LogP contribution in [0.2, 0.25) is 0 Å². The number of halogens is 1. The summed E-state index contributed by atoms with van der Waals surface area (Å²) in [7, 11) is 1.45. The van der Waals surface area contributed by atoms with E-state index >= 15 is 0 Å². The van der Waals surface area contributed by atoms with Gasteiger partial charge in [-0.15, -0.1) is 0 Å². The lowest BCUT2D eigenvalue weighted by Gasteiger charge is -2.12. The Labute approximate surface area is 121 Å². The van der Waals surface area contributed by atoms with Crippen LogP contribution in [0.15, 0.2) is 36.4 Å². The van der Waals surface area contributed by atoms with E-state index in [-0.39, 0.29) is 28.4 Å². The van der Waals surface area contributed by atoms with Gasteiger partial charge in [0, 0.05) is 6.07 Å². The zero-order chi connectivity index (χ0) is 15.4. The SMILES string of the molecule is COc1cccc(Oc2ccc(C#N)c(F)c2)c1C(C)=O. The molecule has 0 saturated carbocycles. The van der Waals surface area contributed by atoms with Gasteiger partial charge >= 0.3 is 0 Å². The van der Waals surface area contributed by atoms with E-state index in [1.807, 2.05) is 0 Å². The summed E-state index contributed by atoms with van der Waals surface area (Å²) in [4.78, 5) is 11.7. The molecule has 0 aromatic heterocycles. The van der Waals surface area contributed by atoms with Crippen molar-refractivity contribution in [2.24, 2.45) is 0 Å². The lowest BCUT2D eigenvalue weighted by Crippen LogP contribution is -2.01. The molecular weight excluding hydrogens is 273 g/mol. The quantitative estimate of drug-likeness (QED) is 0.804. The molecule has 4 nitrogen and oxygen atoms in total. The van der Waals surface area contributed by atoms with E-state index in [1.54, 1.807) is 24.3 Å². The van der Waals surface area contributed by atoms with E-state index in [0.717, 1.165) is 6.07 Å². The Morgan fingerprint density at radius 1 is 1.24 bits per heavy atom. The van der Waals surface area contributed by atoms with Crippen LogP contribution in [-0.4, -0.2) is 12.9 Å². The number of rotatable bonds is 4. The Bertz CT molecular complexity index is 735. The summed E-state index contributed by atoms with van der Waals surface area (Å²) >= 11 is 0. The van der Waals surface area contributed by atoms with Crippen molar-refractivity contribution in [2.75, 3.05) is 7.11 Å². The molecule has 0 amide bonds. The third kappa shape index (κ3) is 3.00. The number of carbonyl (C=O) groups excluding carboxylic acids is 1. The van der Waals surface area contributed by atoms with Crippen molar-refractivity contribution in [3.8, 4) is 23.3 Å². The second kappa shape index (κ2) is 6.06. The third-order valence-corrected chi connectivity index (χ3v) is 2.85. The average molecular weight is 285 g/mol. The zero-order valence-electron chi connectivity index (χ0n) is 11.5. The molecule has 0 atom stereocenters. The van der Waals surface area contributed by atoms with Crippen LogP contribution in [0, 0.1) is 17.1 Å². The van der Waals surface area contributed by atoms with Crippen molar-refractivity contribution in [3.05, 3.63) is 53.3 Å². The van der Waals surface area contributed by atoms with Crippen molar-refractivity contribution in [1.29, 1.82) is 5.26 Å². The molecule has 0 unspecified atom stereocenters. The van der Waals surface area contributed by atoms with Gasteiger partial charge in [0.1, 0.15) is 34.7 Å². The second-order valence-corrected chi connectivity index (χ2v) is 4.25. The van der Waals surface area contributed by atoms with Crippen molar-refractivity contribution in [3.63, 3.8) is 0 Å². The highest BCUT2D eigenvalue weighted by Crippen LogP contribution is 2.32. The molecule has 0 fully saturated rings. The second-order valence-electron chi connectivity index (χ2n) is 4.25. The molecule has 0 aliphatic heterocycles. The fraction of sp³-hybridized carbons (Fsp3) is 0.125. The summed E-state index contributed by atoms with van der Waals surface area (Å²) in [6.45, 7) is 1.39. The van der Waals surface area contributed by atoms with Gasteiger partial charge in [-0.25, -0.2) is 4.39 Å². The number of ether oxygens (including phenoxy) is 2. The summed E-state index contributed by atoms with van der Waals surface area (Å²) in [5.41, 5.74) is 0.213. The van der Waals surface area contributed by atoms with Gasteiger partial charge in [-0.05, 0) is 31.2 Å². The van der Waals surface area contributed by atoms with Crippen molar-refractivity contribution >= 4 is 5.78 Å². The Balaban J connectivity index is 2.42. The van der Waals surface area contributed by atoms with E-state index in [2.05, 4.69) is 0 Å². The number of hydrogen-bond acceptors (Lipinski definition) is 4. The third-order valence-electron chi connectivity index (χ3n) is 2.85. The highest BCUT2D eigenvalue weighted by molar-refractivity contribution is 5.99. The smallest absolute Gasteiger partial charge is 0.167 e. The van der Waals surface area contributed by atoms with Crippen LogP contribution in [0.4, 0.5) is 4.39 Å². The summed E-state index contributed by atoms with van der Waals surface area (Å²) in [5, 5.41) is 8.69. The van der Waals surface area contributed by atoms with Crippen molar-refractivity contribution in [2.45, 2.75) is 6.92 Å². The van der Waals surface area contributed by atoms with Gasteiger partial charge in [-0.3, -0.25) is 4.79 Å². The molecule has 0 saturated heterocycles. The molecule has 0 aliphatic rings. The van der Waals surface area contributed by atoms with E-state index in [4.69, 9.17) is 14.7 Å². The first-order valence-corrected chi connectivity index (χ1v) is 6.12. The van der Waals surface area contributed by atoms with E-state index in [1.165, 1.54) is 26.2 Å². The van der Waals surface area contributed by atoms with E-state index < -0.39 is 5.82 Å². The largest absolute Gasteiger partial charge is 0.496 e. The molecule has 21 heavy (non-hydrogen) atoms. The topological polar surface area (TPSA) is 59.3 Å². The molecule has 0 heterocycles. The molecule has 5 heteroatoms. The van der Waals surface area contributed by atoms with Crippen LogP contribution in [0.3, 0.4) is 0 Å². The first-order valence-electron chi connectivity index (χ1n) is 6.12. The van der Waals surface area contributed by atoms with Crippen LogP contribution >= 0.6 is 0 Å². The number of carbonyl (C=O) groups is 1. The number of nitrogens with zero attached hydrogens (tertiary/aromatic N) is 1. The van der Waals surface area contributed by atoms with E-state index in [0.29, 0.717) is 5.75 Å². The molecular formula is C16H12FNO3. The summed E-state index contributed by atoms with van der Waals surface area (Å²) in [5.74, 6) is -0.0545. The predicted octanol–water partition coefficient (Wildman–Crippen LogP) is 3.70. The fourth-order valence-corrected chi connectivity index (χ4v) is 1.89. The number of benzene rings is 2. The highest BCUT2D eigenvalue weighted by atomic mass is 19.1. The Hall–Kier alpha value is -2.87. The van der Waals surface area contributed by atoms with Crippen LogP contribution in [0.5, 0.6) is 17.2 Å². The lowest BCUT2D eigenvalue weighted by molar-refractivity contribution is 0.101. The highest BCUT2D eigenvalue weighted by Gasteiger charge is 2.16. The predicted molar refractivity (Wildman–Crippen MR) is 74.2 cm³/mol. The van der Waals surface area contributed by atoms with Crippen LogP contribution < -0.4 is 9.47 Å². The van der Waals surface area contributed by atoms with Crippen molar-refractivity contribution < 1.29 is 18.7 Å². The van der Waals surface area contributed by atoms with Gasteiger partial charge in [0.05, 0.1) is 12.7 Å². The number of methoxy groups -OCH3 is 1. The number of hydrogen-bond donors (Lipinski definition) is 0. The minimum Gasteiger partial charge on any atom is -0.496 e. The molecule has 0 aliphatic carbocycles. The zero-order valence-corrected chi connectivity index (χ0v) is 11.5. The molecule has 0 bridgehead atoms. The maximum Gasteiger partial charge on any atom is 0.167 e. The van der Waals surface area contributed by atoms with Gasteiger partial charge in [-0.2, -0.15) is 5.26 Å². The average Bonchev–Trinajstić information content (AvgIpc) is 2.46. The summed E-state index contributed by atoms with van der Waals surface area (Å²) in [6, 6.07) is 10.5. The molecule has 106 valence electrons. The molecule has 0 spiro atoms. The van der Waals surface area contributed by atoms with Gasteiger partial charge in [0.25, 0.3) is 0 Å². The fourth-order valence-electron chi connectivity index (χ4n) is 1.89.